The summed E-state index contributed by atoms with van der Waals surface area (Å²) in [5.74, 6) is 0.837. The number of hydrogen-bond acceptors (Lipinski definition) is 4. The van der Waals surface area contributed by atoms with Crippen LogP contribution in [-0.2, 0) is 6.54 Å². The van der Waals surface area contributed by atoms with Crippen LogP contribution in [0.4, 0.5) is 0 Å². The topological polar surface area (TPSA) is 47.3 Å². The zero-order valence-corrected chi connectivity index (χ0v) is 10.0. The van der Waals surface area contributed by atoms with E-state index in [0.29, 0.717) is 12.6 Å². The zero-order valence-electron chi connectivity index (χ0n) is 10.0. The van der Waals surface area contributed by atoms with Gasteiger partial charge in [-0.05, 0) is 38.6 Å². The van der Waals surface area contributed by atoms with Crippen molar-refractivity contribution in [2.24, 2.45) is 5.92 Å². The molecular formula is C12H20N2O2. The van der Waals surface area contributed by atoms with Crippen LogP contribution in [-0.4, -0.2) is 18.1 Å². The normalized spacial score (nSPS) is 25.6. The lowest BCUT2D eigenvalue weighted by Gasteiger charge is -2.25. The van der Waals surface area contributed by atoms with Crippen molar-refractivity contribution in [1.29, 1.82) is 0 Å². The lowest BCUT2D eigenvalue weighted by Crippen LogP contribution is -2.23. The Morgan fingerprint density at radius 1 is 1.44 bits per heavy atom. The quantitative estimate of drug-likeness (QED) is 0.852. The van der Waals surface area contributed by atoms with Gasteiger partial charge in [-0.2, -0.15) is 4.98 Å². The predicted molar refractivity (Wildman–Crippen MR) is 61.3 cm³/mol. The highest BCUT2D eigenvalue weighted by atomic mass is 16.6. The molecule has 1 aromatic heterocycles. The van der Waals surface area contributed by atoms with Crippen molar-refractivity contribution in [3.63, 3.8) is 0 Å². The zero-order chi connectivity index (χ0) is 11.4. The molecule has 4 nitrogen and oxygen atoms in total. The van der Waals surface area contributed by atoms with E-state index in [1.165, 1.54) is 12.8 Å². The van der Waals surface area contributed by atoms with Gasteiger partial charge in [-0.15, -0.1) is 0 Å². The maximum Gasteiger partial charge on any atom is 0.394 e. The number of aromatic nitrogens is 1. The maximum absolute atomic E-state index is 5.73. The van der Waals surface area contributed by atoms with E-state index >= 15 is 0 Å². The molecule has 1 aromatic rings. The van der Waals surface area contributed by atoms with E-state index < -0.39 is 0 Å². The highest BCUT2D eigenvalue weighted by molar-refractivity contribution is 4.99. The summed E-state index contributed by atoms with van der Waals surface area (Å²) in [5, 5.41) is 3.03. The average Bonchev–Trinajstić information content (AvgIpc) is 2.70. The summed E-state index contributed by atoms with van der Waals surface area (Å²) in [7, 11) is 1.89. The maximum atomic E-state index is 5.73. The number of hydrogen-bond donors (Lipinski definition) is 1. The summed E-state index contributed by atoms with van der Waals surface area (Å²) in [6, 6.07) is 0. The molecular weight excluding hydrogens is 204 g/mol. The van der Waals surface area contributed by atoms with Crippen LogP contribution in [0.25, 0.3) is 0 Å². The van der Waals surface area contributed by atoms with Crippen LogP contribution < -0.4 is 10.1 Å². The molecule has 0 radical (unpaired) electrons. The van der Waals surface area contributed by atoms with E-state index in [0.717, 1.165) is 24.5 Å². The Balaban J connectivity index is 1.83. The van der Waals surface area contributed by atoms with Gasteiger partial charge in [0, 0.05) is 6.54 Å². The van der Waals surface area contributed by atoms with Crippen molar-refractivity contribution in [3.8, 4) is 6.08 Å². The van der Waals surface area contributed by atoms with Crippen molar-refractivity contribution in [2.75, 3.05) is 7.05 Å². The Bertz CT molecular complexity index is 317. The minimum atomic E-state index is 0.289. The first-order chi connectivity index (χ1) is 7.78. The van der Waals surface area contributed by atoms with Crippen LogP contribution >= 0.6 is 0 Å². The van der Waals surface area contributed by atoms with Crippen molar-refractivity contribution in [1.82, 2.24) is 10.3 Å². The molecule has 0 amide bonds. The lowest BCUT2D eigenvalue weighted by molar-refractivity contribution is 0.0990. The van der Waals surface area contributed by atoms with Crippen LogP contribution in [0, 0.1) is 5.92 Å². The molecule has 16 heavy (non-hydrogen) atoms. The number of ether oxygens (including phenoxy) is 1. The second kappa shape index (κ2) is 5.34. The molecule has 1 saturated carbocycles. The van der Waals surface area contributed by atoms with Crippen LogP contribution in [0.5, 0.6) is 6.08 Å². The fourth-order valence-electron chi connectivity index (χ4n) is 2.09. The van der Waals surface area contributed by atoms with E-state index in [-0.39, 0.29) is 6.10 Å². The van der Waals surface area contributed by atoms with Crippen LogP contribution in [0.1, 0.15) is 38.3 Å². The summed E-state index contributed by atoms with van der Waals surface area (Å²) >= 11 is 0. The van der Waals surface area contributed by atoms with E-state index in [2.05, 4.69) is 17.2 Å². The molecule has 2 rings (SSSR count). The monoisotopic (exact) mass is 224 g/mol. The van der Waals surface area contributed by atoms with Gasteiger partial charge in [0.15, 0.2) is 0 Å². The molecule has 1 heterocycles. The van der Waals surface area contributed by atoms with Gasteiger partial charge in [-0.3, -0.25) is 0 Å². The molecule has 1 fully saturated rings. The van der Waals surface area contributed by atoms with Gasteiger partial charge in [-0.1, -0.05) is 6.92 Å². The second-order valence-electron chi connectivity index (χ2n) is 4.63. The van der Waals surface area contributed by atoms with Crippen molar-refractivity contribution >= 4 is 0 Å². The van der Waals surface area contributed by atoms with Gasteiger partial charge in [0.2, 0.25) is 0 Å². The molecule has 0 aromatic carbocycles. The third-order valence-electron chi connectivity index (χ3n) is 3.12. The van der Waals surface area contributed by atoms with E-state index in [4.69, 9.17) is 9.15 Å². The Morgan fingerprint density at radius 2 is 2.19 bits per heavy atom. The van der Waals surface area contributed by atoms with Crippen molar-refractivity contribution in [2.45, 2.75) is 45.3 Å². The Morgan fingerprint density at radius 3 is 2.88 bits per heavy atom. The number of nitrogens with zero attached hydrogens (tertiary/aromatic N) is 1. The second-order valence-corrected chi connectivity index (χ2v) is 4.63. The van der Waals surface area contributed by atoms with Gasteiger partial charge in [-0.25, -0.2) is 0 Å². The first-order valence-electron chi connectivity index (χ1n) is 6.03. The van der Waals surface area contributed by atoms with Gasteiger partial charge in [0.1, 0.15) is 12.4 Å². The summed E-state index contributed by atoms with van der Waals surface area (Å²) < 4.78 is 11.0. The van der Waals surface area contributed by atoms with Gasteiger partial charge >= 0.3 is 6.08 Å². The standard InChI is InChI=1S/C12H20N2O2/c1-9-3-5-11(6-4-9)16-12-14-10(7-13-2)8-15-12/h8-9,11,13H,3-7H2,1-2H3. The third kappa shape index (κ3) is 2.98. The van der Waals surface area contributed by atoms with Crippen molar-refractivity contribution in [3.05, 3.63) is 12.0 Å². The Labute approximate surface area is 96.4 Å². The fraction of sp³-hybridized carbons (Fsp3) is 0.750. The molecule has 1 N–H and O–H groups in total. The molecule has 0 unspecified atom stereocenters. The smallest absolute Gasteiger partial charge is 0.394 e. The summed E-state index contributed by atoms with van der Waals surface area (Å²) in [6.07, 6.45) is 7.08. The first kappa shape index (κ1) is 11.5. The molecule has 0 saturated heterocycles. The van der Waals surface area contributed by atoms with E-state index in [1.807, 2.05) is 7.05 Å². The number of nitrogens with one attached hydrogen (secondary N) is 1. The molecule has 0 atom stereocenters. The summed E-state index contributed by atoms with van der Waals surface area (Å²) in [6.45, 7) is 3.01. The summed E-state index contributed by atoms with van der Waals surface area (Å²) in [5.41, 5.74) is 0.890. The predicted octanol–water partition coefficient (Wildman–Crippen LogP) is 2.35. The molecule has 0 aliphatic heterocycles. The average molecular weight is 224 g/mol. The highest BCUT2D eigenvalue weighted by Crippen LogP contribution is 2.26. The van der Waals surface area contributed by atoms with Crippen LogP contribution in [0.15, 0.2) is 10.7 Å². The van der Waals surface area contributed by atoms with Crippen LogP contribution in [0.3, 0.4) is 0 Å². The van der Waals surface area contributed by atoms with E-state index in [1.54, 1.807) is 6.26 Å². The van der Waals surface area contributed by atoms with Crippen molar-refractivity contribution < 1.29 is 9.15 Å². The van der Waals surface area contributed by atoms with E-state index in [9.17, 15) is 0 Å². The molecule has 4 heteroatoms. The summed E-state index contributed by atoms with van der Waals surface area (Å²) in [4.78, 5) is 4.26. The lowest BCUT2D eigenvalue weighted by atomic mass is 9.89. The minimum Gasteiger partial charge on any atom is -0.447 e. The molecule has 1 aliphatic carbocycles. The molecule has 90 valence electrons. The highest BCUT2D eigenvalue weighted by Gasteiger charge is 2.21. The Hall–Kier alpha value is -1.03. The van der Waals surface area contributed by atoms with Crippen LogP contribution in [0.2, 0.25) is 0 Å². The first-order valence-corrected chi connectivity index (χ1v) is 6.03. The number of oxazole rings is 1. The van der Waals surface area contributed by atoms with Gasteiger partial charge in [0.05, 0.1) is 5.69 Å². The van der Waals surface area contributed by atoms with Gasteiger partial charge < -0.3 is 14.5 Å². The molecule has 1 aliphatic rings. The number of rotatable bonds is 4. The van der Waals surface area contributed by atoms with Gasteiger partial charge in [0.25, 0.3) is 0 Å². The SMILES string of the molecule is CNCc1coc(OC2CCC(C)CC2)n1. The largest absolute Gasteiger partial charge is 0.447 e. The Kier molecular flexibility index (Phi) is 3.83. The third-order valence-corrected chi connectivity index (χ3v) is 3.12. The minimum absolute atomic E-state index is 0.289. The fourth-order valence-corrected chi connectivity index (χ4v) is 2.09. The molecule has 0 spiro atoms. The molecule has 0 bridgehead atoms.